The smallest absolute Gasteiger partial charge is 0.253 e. The molecule has 4 nitrogen and oxygen atoms in total. The van der Waals surface area contributed by atoms with Crippen LogP contribution >= 0.6 is 23.2 Å². The van der Waals surface area contributed by atoms with Crippen molar-refractivity contribution in [2.45, 2.75) is 25.8 Å². The van der Waals surface area contributed by atoms with Gasteiger partial charge in [-0.25, -0.2) is 0 Å². The van der Waals surface area contributed by atoms with E-state index in [1.165, 1.54) is 0 Å². The molecule has 0 aliphatic carbocycles. The van der Waals surface area contributed by atoms with Crippen molar-refractivity contribution >= 4 is 40.7 Å². The number of hydrogen-bond donors (Lipinski definition) is 1. The van der Waals surface area contributed by atoms with Crippen LogP contribution in [0.5, 0.6) is 0 Å². The molecule has 1 aliphatic rings. The van der Waals surface area contributed by atoms with E-state index in [1.54, 1.807) is 29.2 Å². The fourth-order valence-corrected chi connectivity index (χ4v) is 3.47. The predicted octanol–water partition coefficient (Wildman–Crippen LogP) is 4.61. The van der Waals surface area contributed by atoms with Gasteiger partial charge in [0.05, 0.1) is 17.3 Å². The van der Waals surface area contributed by atoms with E-state index in [0.717, 1.165) is 12.0 Å². The van der Waals surface area contributed by atoms with Crippen molar-refractivity contribution in [3.63, 3.8) is 0 Å². The van der Waals surface area contributed by atoms with Crippen molar-refractivity contribution in [2.24, 2.45) is 0 Å². The lowest BCUT2D eigenvalue weighted by Gasteiger charge is -2.21. The van der Waals surface area contributed by atoms with E-state index in [4.69, 9.17) is 23.2 Å². The Labute approximate surface area is 156 Å². The standard InChI is InChI=1S/C19H18Cl2N2O2/c1-12(14-5-2-3-6-16(14)21)22-19(25)15-9-8-13(20)11-17(15)23-10-4-7-18(23)24/h2-3,5-6,8-9,11-12H,4,7,10H2,1H3,(H,22,25). The van der Waals surface area contributed by atoms with Gasteiger partial charge in [0.1, 0.15) is 0 Å². The van der Waals surface area contributed by atoms with Crippen LogP contribution < -0.4 is 10.2 Å². The van der Waals surface area contributed by atoms with Crippen LogP contribution in [0.2, 0.25) is 10.0 Å². The number of anilines is 1. The van der Waals surface area contributed by atoms with Gasteiger partial charge < -0.3 is 10.2 Å². The second-order valence-corrected chi connectivity index (χ2v) is 6.87. The number of hydrogen-bond acceptors (Lipinski definition) is 2. The number of benzene rings is 2. The van der Waals surface area contributed by atoms with Gasteiger partial charge >= 0.3 is 0 Å². The van der Waals surface area contributed by atoms with Crippen LogP contribution in [0.3, 0.4) is 0 Å². The highest BCUT2D eigenvalue weighted by atomic mass is 35.5. The highest BCUT2D eigenvalue weighted by Crippen LogP contribution is 2.29. The van der Waals surface area contributed by atoms with Crippen LogP contribution in [0.25, 0.3) is 0 Å². The van der Waals surface area contributed by atoms with Crippen LogP contribution in [0.1, 0.15) is 41.7 Å². The molecule has 2 aromatic carbocycles. The molecular formula is C19H18Cl2N2O2. The minimum Gasteiger partial charge on any atom is -0.345 e. The van der Waals surface area contributed by atoms with Gasteiger partial charge in [0.2, 0.25) is 5.91 Å². The Morgan fingerprint density at radius 3 is 2.64 bits per heavy atom. The van der Waals surface area contributed by atoms with E-state index >= 15 is 0 Å². The molecule has 0 spiro atoms. The summed E-state index contributed by atoms with van der Waals surface area (Å²) in [6.45, 7) is 2.47. The van der Waals surface area contributed by atoms with E-state index in [2.05, 4.69) is 5.32 Å². The zero-order chi connectivity index (χ0) is 18.0. The second kappa shape index (κ2) is 7.46. The molecule has 1 unspecified atom stereocenters. The maximum atomic E-state index is 12.8. The summed E-state index contributed by atoms with van der Waals surface area (Å²) in [6, 6.07) is 12.1. The molecule has 3 rings (SSSR count). The molecule has 6 heteroatoms. The maximum Gasteiger partial charge on any atom is 0.253 e. The number of rotatable bonds is 4. The summed E-state index contributed by atoms with van der Waals surface area (Å²) in [6.07, 6.45) is 1.27. The monoisotopic (exact) mass is 376 g/mol. The van der Waals surface area contributed by atoms with Crippen molar-refractivity contribution in [2.75, 3.05) is 11.4 Å². The van der Waals surface area contributed by atoms with Gasteiger partial charge in [-0.05, 0) is 43.2 Å². The lowest BCUT2D eigenvalue weighted by Crippen LogP contribution is -2.31. The molecule has 1 atom stereocenters. The van der Waals surface area contributed by atoms with E-state index in [9.17, 15) is 9.59 Å². The van der Waals surface area contributed by atoms with E-state index in [-0.39, 0.29) is 17.9 Å². The first-order valence-electron chi connectivity index (χ1n) is 8.12. The quantitative estimate of drug-likeness (QED) is 0.846. The SMILES string of the molecule is CC(NC(=O)c1ccc(Cl)cc1N1CCCC1=O)c1ccccc1Cl. The summed E-state index contributed by atoms with van der Waals surface area (Å²) in [4.78, 5) is 26.5. The molecule has 0 aromatic heterocycles. The van der Waals surface area contributed by atoms with Gasteiger partial charge in [0, 0.05) is 23.0 Å². The van der Waals surface area contributed by atoms with Crippen LogP contribution in [0.4, 0.5) is 5.69 Å². The first-order valence-corrected chi connectivity index (χ1v) is 8.88. The Morgan fingerprint density at radius 1 is 1.20 bits per heavy atom. The lowest BCUT2D eigenvalue weighted by molar-refractivity contribution is -0.117. The molecule has 2 aromatic rings. The highest BCUT2D eigenvalue weighted by molar-refractivity contribution is 6.31. The van der Waals surface area contributed by atoms with E-state index < -0.39 is 0 Å². The average molecular weight is 377 g/mol. The topological polar surface area (TPSA) is 49.4 Å². The molecule has 0 radical (unpaired) electrons. The normalized spacial score (nSPS) is 15.3. The van der Waals surface area contributed by atoms with Crippen LogP contribution in [0.15, 0.2) is 42.5 Å². The Hall–Kier alpha value is -2.04. The molecular weight excluding hydrogens is 359 g/mol. The number of halogens is 2. The number of nitrogens with zero attached hydrogens (tertiary/aromatic N) is 1. The molecule has 1 N–H and O–H groups in total. The third kappa shape index (κ3) is 3.80. The average Bonchev–Trinajstić information content (AvgIpc) is 3.00. The molecule has 1 aliphatic heterocycles. The second-order valence-electron chi connectivity index (χ2n) is 6.03. The summed E-state index contributed by atoms with van der Waals surface area (Å²) < 4.78 is 0. The van der Waals surface area contributed by atoms with Gasteiger partial charge in [0.25, 0.3) is 5.91 Å². The number of nitrogens with one attached hydrogen (secondary N) is 1. The predicted molar refractivity (Wildman–Crippen MR) is 100 cm³/mol. The van der Waals surface area contributed by atoms with E-state index in [1.807, 2.05) is 25.1 Å². The van der Waals surface area contributed by atoms with Crippen molar-refractivity contribution in [1.29, 1.82) is 0 Å². The minimum atomic E-state index is -0.265. The van der Waals surface area contributed by atoms with Gasteiger partial charge in [-0.3, -0.25) is 9.59 Å². The Bertz CT molecular complexity index is 823. The lowest BCUT2D eigenvalue weighted by atomic mass is 10.1. The van der Waals surface area contributed by atoms with Crippen LogP contribution in [-0.4, -0.2) is 18.4 Å². The van der Waals surface area contributed by atoms with Gasteiger partial charge in [-0.1, -0.05) is 41.4 Å². The number of amides is 2. The van der Waals surface area contributed by atoms with Gasteiger partial charge in [-0.2, -0.15) is 0 Å². The fourth-order valence-electron chi connectivity index (χ4n) is 3.00. The molecule has 130 valence electrons. The third-order valence-electron chi connectivity index (χ3n) is 4.29. The molecule has 1 heterocycles. The summed E-state index contributed by atoms with van der Waals surface area (Å²) in [5.74, 6) is -0.255. The molecule has 1 saturated heterocycles. The van der Waals surface area contributed by atoms with Crippen molar-refractivity contribution in [3.05, 3.63) is 63.6 Å². The zero-order valence-corrected chi connectivity index (χ0v) is 15.3. The molecule has 25 heavy (non-hydrogen) atoms. The van der Waals surface area contributed by atoms with Crippen molar-refractivity contribution < 1.29 is 9.59 Å². The molecule has 1 fully saturated rings. The summed E-state index contributed by atoms with van der Waals surface area (Å²) in [5, 5.41) is 4.04. The van der Waals surface area contributed by atoms with Crippen molar-refractivity contribution in [3.8, 4) is 0 Å². The largest absolute Gasteiger partial charge is 0.345 e. The molecule has 2 amide bonds. The van der Waals surface area contributed by atoms with Gasteiger partial charge in [0.15, 0.2) is 0 Å². The van der Waals surface area contributed by atoms with Crippen LogP contribution in [-0.2, 0) is 4.79 Å². The van der Waals surface area contributed by atoms with Crippen molar-refractivity contribution in [1.82, 2.24) is 5.32 Å². The van der Waals surface area contributed by atoms with Crippen LogP contribution in [0, 0.1) is 0 Å². The Morgan fingerprint density at radius 2 is 1.96 bits per heavy atom. The summed E-state index contributed by atoms with van der Waals surface area (Å²) in [5.41, 5.74) is 1.82. The first kappa shape index (κ1) is 17.8. The maximum absolute atomic E-state index is 12.8. The first-order chi connectivity index (χ1) is 12.0. The Kier molecular flexibility index (Phi) is 5.30. The number of carbonyl (C=O) groups excluding carboxylic acids is 2. The zero-order valence-electron chi connectivity index (χ0n) is 13.8. The fraction of sp³-hybridized carbons (Fsp3) is 0.263. The summed E-state index contributed by atoms with van der Waals surface area (Å²) in [7, 11) is 0. The third-order valence-corrected chi connectivity index (χ3v) is 4.87. The van der Waals surface area contributed by atoms with Gasteiger partial charge in [-0.15, -0.1) is 0 Å². The summed E-state index contributed by atoms with van der Waals surface area (Å²) >= 11 is 12.3. The molecule has 0 bridgehead atoms. The van der Waals surface area contributed by atoms with E-state index in [0.29, 0.717) is 34.3 Å². The molecule has 0 saturated carbocycles. The number of carbonyl (C=O) groups is 2. The minimum absolute atomic E-state index is 0.00969. The Balaban J connectivity index is 1.87. The highest BCUT2D eigenvalue weighted by Gasteiger charge is 2.26.